The zero-order valence-electron chi connectivity index (χ0n) is 13.0. The average molecular weight is 330 g/mol. The zero-order chi connectivity index (χ0) is 17.2. The van der Waals surface area contributed by atoms with E-state index in [1.54, 1.807) is 6.92 Å². The highest BCUT2D eigenvalue weighted by Gasteiger charge is 2.51. The van der Waals surface area contributed by atoms with Crippen LogP contribution in [-0.4, -0.2) is 48.1 Å². The Morgan fingerprint density at radius 3 is 2.62 bits per heavy atom. The molecule has 3 aliphatic rings. The highest BCUT2D eigenvalue weighted by atomic mass is 16.6. The van der Waals surface area contributed by atoms with Crippen molar-refractivity contribution in [1.29, 1.82) is 0 Å². The van der Waals surface area contributed by atoms with E-state index < -0.39 is 35.8 Å². The van der Waals surface area contributed by atoms with E-state index in [0.29, 0.717) is 0 Å². The average Bonchev–Trinajstić information content (AvgIpc) is 2.91. The molecule has 1 aromatic carbocycles. The largest absolute Gasteiger partial charge is 0.504 e. The molecule has 0 spiro atoms. The number of hydrogen-bond acceptors (Lipinski definition) is 7. The van der Waals surface area contributed by atoms with Gasteiger partial charge in [0.15, 0.2) is 29.2 Å². The third kappa shape index (κ3) is 1.78. The van der Waals surface area contributed by atoms with E-state index in [4.69, 9.17) is 14.2 Å². The van der Waals surface area contributed by atoms with Crippen LogP contribution in [0.1, 0.15) is 34.1 Å². The van der Waals surface area contributed by atoms with E-state index in [2.05, 4.69) is 0 Å². The van der Waals surface area contributed by atoms with Crippen LogP contribution in [0.4, 0.5) is 0 Å². The molecule has 0 unspecified atom stereocenters. The molecule has 3 atom stereocenters. The van der Waals surface area contributed by atoms with Gasteiger partial charge in [-0.1, -0.05) is 0 Å². The van der Waals surface area contributed by atoms with E-state index in [0.717, 1.165) is 0 Å². The Balaban J connectivity index is 1.93. The molecule has 124 valence electrons. The molecule has 0 aromatic heterocycles. The van der Waals surface area contributed by atoms with Gasteiger partial charge in [-0.2, -0.15) is 0 Å². The Morgan fingerprint density at radius 2 is 1.92 bits per heavy atom. The molecular weight excluding hydrogens is 316 g/mol. The van der Waals surface area contributed by atoms with Gasteiger partial charge in [0.05, 0.1) is 30.8 Å². The number of carbonyl (C=O) groups is 3. The smallest absolute Gasteiger partial charge is 0.309 e. The second kappa shape index (κ2) is 4.91. The second-order valence-corrected chi connectivity index (χ2v) is 5.96. The van der Waals surface area contributed by atoms with Crippen molar-refractivity contribution in [3.05, 3.63) is 34.4 Å². The molecule has 1 aliphatic carbocycles. The predicted molar refractivity (Wildman–Crippen MR) is 79.2 cm³/mol. The maximum absolute atomic E-state index is 12.9. The van der Waals surface area contributed by atoms with Gasteiger partial charge >= 0.3 is 5.97 Å². The first-order valence-corrected chi connectivity index (χ1v) is 7.52. The number of Topliss-reactive ketones (excluding diaryl/α,β-unsaturated/α-hetero) is 2. The van der Waals surface area contributed by atoms with E-state index >= 15 is 0 Å². The molecule has 1 N–H and O–H groups in total. The van der Waals surface area contributed by atoms with Crippen molar-refractivity contribution >= 4 is 17.5 Å². The van der Waals surface area contributed by atoms with Crippen LogP contribution in [0.25, 0.3) is 0 Å². The molecule has 1 saturated heterocycles. The van der Waals surface area contributed by atoms with E-state index in [-0.39, 0.29) is 40.2 Å². The fourth-order valence-corrected chi connectivity index (χ4v) is 3.60. The topological polar surface area (TPSA) is 99.1 Å². The van der Waals surface area contributed by atoms with Gasteiger partial charge in [0.1, 0.15) is 6.10 Å². The van der Waals surface area contributed by atoms with Crippen LogP contribution >= 0.6 is 0 Å². The lowest BCUT2D eigenvalue weighted by Crippen LogP contribution is -2.44. The summed E-state index contributed by atoms with van der Waals surface area (Å²) in [6.45, 7) is 1.64. The van der Waals surface area contributed by atoms with Crippen LogP contribution in [0, 0.1) is 0 Å². The molecule has 7 nitrogen and oxygen atoms in total. The Morgan fingerprint density at radius 1 is 1.17 bits per heavy atom. The normalized spacial score (nSPS) is 28.2. The standard InChI is InChI=1S/C17H14O7/c1-6-11-13(17-9(23-6)5-10(18)24-17)14(19)7-3-4-8(22-2)15(20)12(7)16(11)21/h3-4,6,9,17,20H,5H2,1-2H3/t6-,9-,17-/m1/s1. The summed E-state index contributed by atoms with van der Waals surface area (Å²) >= 11 is 0. The molecule has 0 bridgehead atoms. The number of carbonyl (C=O) groups excluding carboxylic acids is 3. The maximum Gasteiger partial charge on any atom is 0.309 e. The van der Waals surface area contributed by atoms with Crippen molar-refractivity contribution in [2.75, 3.05) is 7.11 Å². The summed E-state index contributed by atoms with van der Waals surface area (Å²) in [6.07, 6.45) is -2.08. The molecule has 1 fully saturated rings. The lowest BCUT2D eigenvalue weighted by molar-refractivity contribution is -0.140. The number of ketones is 2. The minimum absolute atomic E-state index is 0.0496. The van der Waals surface area contributed by atoms with Crippen LogP contribution in [0.5, 0.6) is 11.5 Å². The van der Waals surface area contributed by atoms with Crippen molar-refractivity contribution in [1.82, 2.24) is 0 Å². The molecule has 7 heteroatoms. The number of methoxy groups -OCH3 is 1. The molecule has 0 radical (unpaired) electrons. The molecule has 0 amide bonds. The zero-order valence-corrected chi connectivity index (χ0v) is 13.0. The molecule has 4 rings (SSSR count). The van der Waals surface area contributed by atoms with Gasteiger partial charge < -0.3 is 19.3 Å². The van der Waals surface area contributed by atoms with Crippen molar-refractivity contribution in [2.24, 2.45) is 0 Å². The molecule has 24 heavy (non-hydrogen) atoms. The van der Waals surface area contributed by atoms with Crippen LogP contribution in [-0.2, 0) is 14.3 Å². The van der Waals surface area contributed by atoms with E-state index in [1.165, 1.54) is 19.2 Å². The van der Waals surface area contributed by atoms with E-state index in [9.17, 15) is 19.5 Å². The van der Waals surface area contributed by atoms with Crippen molar-refractivity contribution in [3.63, 3.8) is 0 Å². The van der Waals surface area contributed by atoms with E-state index in [1.807, 2.05) is 0 Å². The monoisotopic (exact) mass is 330 g/mol. The van der Waals surface area contributed by atoms with Crippen LogP contribution < -0.4 is 4.74 Å². The molecule has 2 heterocycles. The molecule has 0 saturated carbocycles. The summed E-state index contributed by atoms with van der Waals surface area (Å²) < 4.78 is 15.9. The van der Waals surface area contributed by atoms with Crippen molar-refractivity contribution in [2.45, 2.75) is 31.7 Å². The number of aromatic hydroxyl groups is 1. The minimum Gasteiger partial charge on any atom is -0.504 e. The van der Waals surface area contributed by atoms with Gasteiger partial charge in [-0.25, -0.2) is 0 Å². The number of benzene rings is 1. The highest BCUT2D eigenvalue weighted by molar-refractivity contribution is 6.29. The fraction of sp³-hybridized carbons (Fsp3) is 0.353. The van der Waals surface area contributed by atoms with Gasteiger partial charge in [0, 0.05) is 11.1 Å². The summed E-state index contributed by atoms with van der Waals surface area (Å²) in [7, 11) is 1.36. The van der Waals surface area contributed by atoms with Gasteiger partial charge in [-0.15, -0.1) is 0 Å². The number of hydrogen-bond donors (Lipinski definition) is 1. The first kappa shape index (κ1) is 14.9. The lowest BCUT2D eigenvalue weighted by atomic mass is 9.77. The number of fused-ring (bicyclic) bond motifs is 3. The third-order valence-electron chi connectivity index (χ3n) is 4.65. The lowest BCUT2D eigenvalue weighted by Gasteiger charge is -2.35. The quantitative estimate of drug-likeness (QED) is 0.772. The summed E-state index contributed by atoms with van der Waals surface area (Å²) in [4.78, 5) is 37.4. The molecular formula is C17H14O7. The first-order chi connectivity index (χ1) is 11.4. The molecule has 1 aromatic rings. The number of ether oxygens (including phenoxy) is 3. The van der Waals surface area contributed by atoms with Crippen LogP contribution in [0.2, 0.25) is 0 Å². The van der Waals surface area contributed by atoms with Crippen molar-refractivity contribution < 1.29 is 33.7 Å². The summed E-state index contributed by atoms with van der Waals surface area (Å²) in [5, 5.41) is 10.3. The second-order valence-electron chi connectivity index (χ2n) is 5.96. The van der Waals surface area contributed by atoms with Gasteiger partial charge in [0.25, 0.3) is 0 Å². The van der Waals surface area contributed by atoms with Gasteiger partial charge in [0.2, 0.25) is 0 Å². The maximum atomic E-state index is 12.9. The van der Waals surface area contributed by atoms with Gasteiger partial charge in [-0.3, -0.25) is 14.4 Å². The fourth-order valence-electron chi connectivity index (χ4n) is 3.60. The summed E-state index contributed by atoms with van der Waals surface area (Å²) in [5.41, 5.74) is 0.267. The Hall–Kier alpha value is -2.67. The first-order valence-electron chi connectivity index (χ1n) is 7.52. The number of rotatable bonds is 1. The molecule has 2 aliphatic heterocycles. The Bertz CT molecular complexity index is 836. The SMILES string of the molecule is COc1ccc2c(c1O)C(=O)C1=C(C2=O)[C@@H]2OC(=O)C[C@H]2O[C@@H]1C. The minimum atomic E-state index is -0.877. The highest BCUT2D eigenvalue weighted by Crippen LogP contribution is 2.44. The van der Waals surface area contributed by atoms with Gasteiger partial charge in [-0.05, 0) is 19.1 Å². The third-order valence-corrected chi connectivity index (χ3v) is 4.65. The Labute approximate surface area is 136 Å². The number of esters is 1. The Kier molecular flexibility index (Phi) is 3.05. The van der Waals surface area contributed by atoms with Crippen LogP contribution in [0.3, 0.4) is 0 Å². The van der Waals surface area contributed by atoms with Crippen molar-refractivity contribution in [3.8, 4) is 11.5 Å². The number of phenolic OH excluding ortho intramolecular Hbond substituents is 1. The van der Waals surface area contributed by atoms with Crippen LogP contribution in [0.15, 0.2) is 23.3 Å². The summed E-state index contributed by atoms with van der Waals surface area (Å²) in [6, 6.07) is 2.86. The predicted octanol–water partition coefficient (Wildman–Crippen LogP) is 1.18. The summed E-state index contributed by atoms with van der Waals surface area (Å²) in [5.74, 6) is -1.68. The number of phenols is 1.